The summed E-state index contributed by atoms with van der Waals surface area (Å²) in [5.74, 6) is -0.409. The van der Waals surface area contributed by atoms with Crippen molar-refractivity contribution in [3.8, 4) is 0 Å². The predicted octanol–water partition coefficient (Wildman–Crippen LogP) is 0.374. The van der Waals surface area contributed by atoms with E-state index >= 15 is 0 Å². The number of nitrogens with one attached hydrogen (secondary N) is 1. The average molecular weight is 208 g/mol. The molecule has 1 aliphatic rings. The van der Waals surface area contributed by atoms with Crippen molar-refractivity contribution in [3.05, 3.63) is 27.0 Å². The monoisotopic (exact) mass is 208 g/mol. The zero-order valence-corrected chi connectivity index (χ0v) is 8.63. The summed E-state index contributed by atoms with van der Waals surface area (Å²) in [4.78, 5) is 27.0. The molecule has 1 aliphatic heterocycles. The van der Waals surface area contributed by atoms with Gasteiger partial charge in [0.1, 0.15) is 11.4 Å². The highest BCUT2D eigenvalue weighted by Crippen LogP contribution is 2.26. The average Bonchev–Trinajstić information content (AvgIpc) is 2.47. The first-order valence-electron chi connectivity index (χ1n) is 4.72. The molecule has 5 heteroatoms. The fraction of sp³-hybridized carbons (Fsp3) is 0.400. The van der Waals surface area contributed by atoms with Crippen LogP contribution in [0.4, 0.5) is 5.82 Å². The first-order valence-corrected chi connectivity index (χ1v) is 4.72. The fourth-order valence-corrected chi connectivity index (χ4v) is 2.02. The van der Waals surface area contributed by atoms with Gasteiger partial charge in [0, 0.05) is 13.6 Å². The molecule has 2 N–H and O–H groups in total. The second-order valence-electron chi connectivity index (χ2n) is 3.76. The molecular formula is C10H12N2O3. The van der Waals surface area contributed by atoms with Crippen molar-refractivity contribution in [2.75, 3.05) is 18.5 Å². The molecule has 2 heterocycles. The maximum Gasteiger partial charge on any atom is 0.341 e. The van der Waals surface area contributed by atoms with Gasteiger partial charge in [0.25, 0.3) is 5.56 Å². The molecule has 2 rings (SSSR count). The fourth-order valence-electron chi connectivity index (χ4n) is 2.02. The van der Waals surface area contributed by atoms with E-state index in [2.05, 4.69) is 4.98 Å². The number of carboxylic acid groups (broad SMARTS) is 1. The number of anilines is 1. The second kappa shape index (κ2) is 3.12. The lowest BCUT2D eigenvalue weighted by molar-refractivity contribution is 0.0694. The molecule has 80 valence electrons. The molecular weight excluding hydrogens is 196 g/mol. The molecule has 0 saturated carbocycles. The van der Waals surface area contributed by atoms with E-state index in [1.54, 1.807) is 6.92 Å². The van der Waals surface area contributed by atoms with E-state index < -0.39 is 11.5 Å². The number of nitrogens with zero attached hydrogens (tertiary/aromatic N) is 1. The Hall–Kier alpha value is -1.78. The number of pyridine rings is 1. The minimum absolute atomic E-state index is 0.135. The third-order valence-corrected chi connectivity index (χ3v) is 2.87. The van der Waals surface area contributed by atoms with Gasteiger partial charge in [-0.05, 0) is 24.5 Å². The van der Waals surface area contributed by atoms with Crippen LogP contribution >= 0.6 is 0 Å². The maximum atomic E-state index is 11.5. The van der Waals surface area contributed by atoms with Gasteiger partial charge in [-0.25, -0.2) is 4.79 Å². The van der Waals surface area contributed by atoms with E-state index in [0.717, 1.165) is 24.3 Å². The first kappa shape index (κ1) is 9.76. The number of aromatic amines is 1. The Kier molecular flexibility index (Phi) is 2.03. The number of fused-ring (bicyclic) bond motifs is 1. The van der Waals surface area contributed by atoms with Crippen LogP contribution in [-0.2, 0) is 6.42 Å². The smallest absolute Gasteiger partial charge is 0.341 e. The molecule has 0 fully saturated rings. The summed E-state index contributed by atoms with van der Waals surface area (Å²) in [5, 5.41) is 8.91. The van der Waals surface area contributed by atoms with Gasteiger partial charge in [-0.15, -0.1) is 0 Å². The highest BCUT2D eigenvalue weighted by Gasteiger charge is 2.24. The Morgan fingerprint density at radius 3 is 2.80 bits per heavy atom. The van der Waals surface area contributed by atoms with Crippen molar-refractivity contribution in [1.82, 2.24) is 4.98 Å². The van der Waals surface area contributed by atoms with Crippen molar-refractivity contribution >= 4 is 11.8 Å². The molecule has 0 radical (unpaired) electrons. The van der Waals surface area contributed by atoms with Gasteiger partial charge in [0.15, 0.2) is 0 Å². The Bertz CT molecular complexity index is 490. The standard InChI is InChI=1S/C10H12N2O3/c1-5-6-3-4-12(2)8(6)11-9(13)7(5)10(14)15/h3-4H2,1-2H3,(H,11,13)(H,14,15). The predicted molar refractivity (Wildman–Crippen MR) is 55.7 cm³/mol. The molecule has 0 saturated heterocycles. The number of carbonyl (C=O) groups is 1. The van der Waals surface area contributed by atoms with Gasteiger partial charge < -0.3 is 15.0 Å². The van der Waals surface area contributed by atoms with Crippen molar-refractivity contribution in [2.45, 2.75) is 13.3 Å². The Balaban J connectivity index is 2.74. The van der Waals surface area contributed by atoms with E-state index in [4.69, 9.17) is 5.11 Å². The third kappa shape index (κ3) is 1.31. The molecule has 0 spiro atoms. The highest BCUT2D eigenvalue weighted by molar-refractivity contribution is 5.90. The number of rotatable bonds is 1. The van der Waals surface area contributed by atoms with Gasteiger partial charge in [0.2, 0.25) is 0 Å². The molecule has 0 atom stereocenters. The largest absolute Gasteiger partial charge is 0.477 e. The lowest BCUT2D eigenvalue weighted by atomic mass is 10.0. The molecule has 1 aromatic heterocycles. The number of aromatic nitrogens is 1. The number of hydrogen-bond acceptors (Lipinski definition) is 3. The normalized spacial score (nSPS) is 14.1. The van der Waals surface area contributed by atoms with Crippen LogP contribution in [0.25, 0.3) is 0 Å². The van der Waals surface area contributed by atoms with Crippen LogP contribution in [0.3, 0.4) is 0 Å². The van der Waals surface area contributed by atoms with Crippen LogP contribution in [0.5, 0.6) is 0 Å². The van der Waals surface area contributed by atoms with Crippen LogP contribution in [0.1, 0.15) is 21.5 Å². The molecule has 0 bridgehead atoms. The summed E-state index contributed by atoms with van der Waals surface area (Å²) in [6.07, 6.45) is 0.786. The molecule has 0 amide bonds. The van der Waals surface area contributed by atoms with Crippen LogP contribution in [0, 0.1) is 6.92 Å². The van der Waals surface area contributed by atoms with Gasteiger partial charge in [-0.2, -0.15) is 0 Å². The zero-order chi connectivity index (χ0) is 11.2. The second-order valence-corrected chi connectivity index (χ2v) is 3.76. The van der Waals surface area contributed by atoms with E-state index in [1.807, 2.05) is 11.9 Å². The van der Waals surface area contributed by atoms with Crippen LogP contribution in [0.2, 0.25) is 0 Å². The van der Waals surface area contributed by atoms with Gasteiger partial charge in [-0.1, -0.05) is 0 Å². The molecule has 0 aliphatic carbocycles. The van der Waals surface area contributed by atoms with Crippen LogP contribution < -0.4 is 10.5 Å². The van der Waals surface area contributed by atoms with Crippen molar-refractivity contribution in [1.29, 1.82) is 0 Å². The SMILES string of the molecule is Cc1c2c([nH]c(=O)c1C(=O)O)N(C)CC2. The number of H-pyrrole nitrogens is 1. The van der Waals surface area contributed by atoms with E-state index in [9.17, 15) is 9.59 Å². The lowest BCUT2D eigenvalue weighted by Gasteiger charge is -2.12. The first-order chi connectivity index (χ1) is 7.02. The van der Waals surface area contributed by atoms with Crippen molar-refractivity contribution in [2.24, 2.45) is 0 Å². The Morgan fingerprint density at radius 1 is 1.53 bits per heavy atom. The quantitative estimate of drug-likeness (QED) is 0.699. The summed E-state index contributed by atoms with van der Waals surface area (Å²) in [7, 11) is 1.88. The molecule has 0 unspecified atom stereocenters. The summed E-state index contributed by atoms with van der Waals surface area (Å²) < 4.78 is 0. The minimum Gasteiger partial charge on any atom is -0.477 e. The Labute approximate surface area is 86.3 Å². The number of likely N-dealkylation sites (N-methyl/N-ethyl adjacent to an activating group) is 1. The minimum atomic E-state index is -1.16. The summed E-state index contributed by atoms with van der Waals surface area (Å²) >= 11 is 0. The van der Waals surface area contributed by atoms with E-state index in [-0.39, 0.29) is 5.56 Å². The highest BCUT2D eigenvalue weighted by atomic mass is 16.4. The molecule has 0 aromatic carbocycles. The summed E-state index contributed by atoms with van der Waals surface area (Å²) in [6, 6.07) is 0. The third-order valence-electron chi connectivity index (χ3n) is 2.87. The number of aromatic carboxylic acids is 1. The van der Waals surface area contributed by atoms with Crippen LogP contribution in [0.15, 0.2) is 4.79 Å². The molecule has 15 heavy (non-hydrogen) atoms. The zero-order valence-electron chi connectivity index (χ0n) is 8.63. The van der Waals surface area contributed by atoms with Crippen LogP contribution in [-0.4, -0.2) is 29.7 Å². The van der Waals surface area contributed by atoms with Crippen molar-refractivity contribution in [3.63, 3.8) is 0 Å². The lowest BCUT2D eigenvalue weighted by Crippen LogP contribution is -2.23. The molecule has 5 nitrogen and oxygen atoms in total. The Morgan fingerprint density at radius 2 is 2.20 bits per heavy atom. The van der Waals surface area contributed by atoms with E-state index in [0.29, 0.717) is 5.56 Å². The summed E-state index contributed by atoms with van der Waals surface area (Å²) in [5.41, 5.74) is 0.872. The topological polar surface area (TPSA) is 73.4 Å². The number of hydrogen-bond donors (Lipinski definition) is 2. The van der Waals surface area contributed by atoms with Crippen molar-refractivity contribution < 1.29 is 9.90 Å². The maximum absolute atomic E-state index is 11.5. The molecule has 1 aromatic rings. The number of carboxylic acids is 1. The van der Waals surface area contributed by atoms with Gasteiger partial charge in [0.05, 0.1) is 0 Å². The van der Waals surface area contributed by atoms with E-state index in [1.165, 1.54) is 0 Å². The van der Waals surface area contributed by atoms with Gasteiger partial charge in [-0.3, -0.25) is 4.79 Å². The summed E-state index contributed by atoms with van der Waals surface area (Å²) in [6.45, 7) is 2.51. The van der Waals surface area contributed by atoms with Gasteiger partial charge >= 0.3 is 5.97 Å².